The van der Waals surface area contributed by atoms with E-state index in [0.29, 0.717) is 6.54 Å². The number of aromatic nitrogens is 1. The van der Waals surface area contributed by atoms with E-state index < -0.39 is 0 Å². The molecule has 0 amide bonds. The molecule has 1 heterocycles. The molecule has 4 heteroatoms. The standard InChI is InChI=1S/C16H16N2O2/c1-2-16-18-14-9-12(6-7-15(14)20-16)17-10-11-4-3-5-13(19)8-11/h3-9,17,19H,2,10H2,1H3. The Morgan fingerprint density at radius 2 is 2.10 bits per heavy atom. The summed E-state index contributed by atoms with van der Waals surface area (Å²) in [5, 5.41) is 12.7. The first kappa shape index (κ1) is 12.5. The topological polar surface area (TPSA) is 58.3 Å². The normalized spacial score (nSPS) is 10.8. The highest BCUT2D eigenvalue weighted by Crippen LogP contribution is 2.21. The van der Waals surface area contributed by atoms with Crippen molar-refractivity contribution in [1.82, 2.24) is 4.98 Å². The molecule has 0 unspecified atom stereocenters. The molecule has 0 fully saturated rings. The number of hydrogen-bond donors (Lipinski definition) is 2. The largest absolute Gasteiger partial charge is 0.508 e. The van der Waals surface area contributed by atoms with Gasteiger partial charge in [-0.15, -0.1) is 0 Å². The summed E-state index contributed by atoms with van der Waals surface area (Å²) >= 11 is 0. The number of benzene rings is 2. The Morgan fingerprint density at radius 1 is 1.20 bits per heavy atom. The number of rotatable bonds is 4. The van der Waals surface area contributed by atoms with Crippen molar-refractivity contribution in [1.29, 1.82) is 0 Å². The number of phenolic OH excluding ortho intramolecular Hbond substituents is 1. The van der Waals surface area contributed by atoms with Gasteiger partial charge in [0, 0.05) is 18.7 Å². The molecule has 3 aromatic rings. The van der Waals surface area contributed by atoms with Crippen LogP contribution in [0.15, 0.2) is 46.9 Å². The van der Waals surface area contributed by atoms with Crippen LogP contribution in [0.1, 0.15) is 18.4 Å². The minimum absolute atomic E-state index is 0.281. The van der Waals surface area contributed by atoms with Gasteiger partial charge in [-0.25, -0.2) is 4.98 Å². The van der Waals surface area contributed by atoms with Crippen LogP contribution in [-0.2, 0) is 13.0 Å². The molecule has 0 radical (unpaired) electrons. The van der Waals surface area contributed by atoms with Gasteiger partial charge in [-0.1, -0.05) is 19.1 Å². The van der Waals surface area contributed by atoms with Crippen molar-refractivity contribution in [3.8, 4) is 5.75 Å². The van der Waals surface area contributed by atoms with Crippen LogP contribution in [-0.4, -0.2) is 10.1 Å². The van der Waals surface area contributed by atoms with Gasteiger partial charge in [-0.05, 0) is 35.9 Å². The van der Waals surface area contributed by atoms with Gasteiger partial charge in [-0.3, -0.25) is 0 Å². The third-order valence-corrected chi connectivity index (χ3v) is 3.14. The van der Waals surface area contributed by atoms with Crippen molar-refractivity contribution in [2.45, 2.75) is 19.9 Å². The van der Waals surface area contributed by atoms with Crippen LogP contribution in [0.5, 0.6) is 5.75 Å². The number of fused-ring (bicyclic) bond motifs is 1. The van der Waals surface area contributed by atoms with Crippen molar-refractivity contribution in [2.24, 2.45) is 0 Å². The van der Waals surface area contributed by atoms with E-state index >= 15 is 0 Å². The summed E-state index contributed by atoms with van der Waals surface area (Å²) in [5.74, 6) is 1.04. The Kier molecular flexibility index (Phi) is 3.29. The summed E-state index contributed by atoms with van der Waals surface area (Å²) < 4.78 is 5.58. The van der Waals surface area contributed by atoms with Crippen LogP contribution in [0.4, 0.5) is 5.69 Å². The third-order valence-electron chi connectivity index (χ3n) is 3.14. The van der Waals surface area contributed by atoms with Gasteiger partial charge < -0.3 is 14.8 Å². The molecule has 0 aliphatic rings. The van der Waals surface area contributed by atoms with Gasteiger partial charge in [0.25, 0.3) is 0 Å². The Balaban J connectivity index is 1.77. The second-order valence-electron chi connectivity index (χ2n) is 4.67. The maximum absolute atomic E-state index is 9.43. The van der Waals surface area contributed by atoms with Gasteiger partial charge >= 0.3 is 0 Å². The van der Waals surface area contributed by atoms with E-state index in [0.717, 1.165) is 34.7 Å². The maximum Gasteiger partial charge on any atom is 0.195 e. The molecule has 2 aromatic carbocycles. The van der Waals surface area contributed by atoms with Crippen molar-refractivity contribution in [3.63, 3.8) is 0 Å². The summed E-state index contributed by atoms with van der Waals surface area (Å²) in [6.45, 7) is 2.67. The molecule has 2 N–H and O–H groups in total. The SMILES string of the molecule is CCc1nc2cc(NCc3cccc(O)c3)ccc2o1. The van der Waals surface area contributed by atoms with Crippen molar-refractivity contribution >= 4 is 16.8 Å². The minimum atomic E-state index is 0.281. The van der Waals surface area contributed by atoms with E-state index in [4.69, 9.17) is 4.42 Å². The van der Waals surface area contributed by atoms with Crippen LogP contribution in [0.25, 0.3) is 11.1 Å². The average molecular weight is 268 g/mol. The van der Waals surface area contributed by atoms with Crippen molar-refractivity contribution in [3.05, 3.63) is 53.9 Å². The van der Waals surface area contributed by atoms with Crippen molar-refractivity contribution < 1.29 is 9.52 Å². The predicted octanol–water partition coefficient (Wildman–Crippen LogP) is 3.71. The molecule has 3 rings (SSSR count). The molecule has 0 aliphatic heterocycles. The highest BCUT2D eigenvalue weighted by molar-refractivity contribution is 5.77. The maximum atomic E-state index is 9.43. The van der Waals surface area contributed by atoms with Crippen LogP contribution in [0.3, 0.4) is 0 Å². The zero-order chi connectivity index (χ0) is 13.9. The molecule has 1 aromatic heterocycles. The third kappa shape index (κ3) is 2.59. The van der Waals surface area contributed by atoms with E-state index in [1.807, 2.05) is 37.3 Å². The van der Waals surface area contributed by atoms with Gasteiger partial charge in [0.2, 0.25) is 0 Å². The number of phenols is 1. The lowest BCUT2D eigenvalue weighted by Gasteiger charge is -2.06. The fourth-order valence-corrected chi connectivity index (χ4v) is 2.11. The molecule has 0 aliphatic carbocycles. The zero-order valence-electron chi connectivity index (χ0n) is 11.3. The lowest BCUT2D eigenvalue weighted by molar-refractivity contribution is 0.474. The number of aromatic hydroxyl groups is 1. The van der Waals surface area contributed by atoms with Crippen molar-refractivity contribution in [2.75, 3.05) is 5.32 Å². The number of hydrogen-bond acceptors (Lipinski definition) is 4. The second-order valence-corrected chi connectivity index (χ2v) is 4.67. The van der Waals surface area contributed by atoms with Crippen LogP contribution in [0.2, 0.25) is 0 Å². The van der Waals surface area contributed by atoms with E-state index in [9.17, 15) is 5.11 Å². The Bertz CT molecular complexity index is 734. The fraction of sp³-hybridized carbons (Fsp3) is 0.188. The summed E-state index contributed by atoms with van der Waals surface area (Å²) in [4.78, 5) is 4.41. The molecule has 0 atom stereocenters. The molecule has 0 saturated heterocycles. The quantitative estimate of drug-likeness (QED) is 0.757. The van der Waals surface area contributed by atoms with Gasteiger partial charge in [0.05, 0.1) is 0 Å². The lowest BCUT2D eigenvalue weighted by atomic mass is 10.2. The van der Waals surface area contributed by atoms with Crippen LogP contribution >= 0.6 is 0 Å². The number of nitrogens with one attached hydrogen (secondary N) is 1. The van der Waals surface area contributed by atoms with E-state index in [2.05, 4.69) is 10.3 Å². The molecule has 102 valence electrons. The molecular weight excluding hydrogens is 252 g/mol. The average Bonchev–Trinajstić information content (AvgIpc) is 2.87. The first-order valence-corrected chi connectivity index (χ1v) is 6.66. The summed E-state index contributed by atoms with van der Waals surface area (Å²) in [7, 11) is 0. The second kappa shape index (κ2) is 5.25. The molecular formula is C16H16N2O2. The highest BCUT2D eigenvalue weighted by Gasteiger charge is 2.04. The minimum Gasteiger partial charge on any atom is -0.508 e. The van der Waals surface area contributed by atoms with E-state index in [-0.39, 0.29) is 5.75 Å². The smallest absolute Gasteiger partial charge is 0.195 e. The summed E-state index contributed by atoms with van der Waals surface area (Å²) in [5.41, 5.74) is 3.68. The summed E-state index contributed by atoms with van der Waals surface area (Å²) in [6.07, 6.45) is 0.792. The van der Waals surface area contributed by atoms with Crippen LogP contribution in [0, 0.1) is 0 Å². The molecule has 0 spiro atoms. The number of nitrogens with zero attached hydrogens (tertiary/aromatic N) is 1. The lowest BCUT2D eigenvalue weighted by Crippen LogP contribution is -1.98. The van der Waals surface area contributed by atoms with Gasteiger partial charge in [0.15, 0.2) is 11.5 Å². The molecule has 0 bridgehead atoms. The predicted molar refractivity (Wildman–Crippen MR) is 78.8 cm³/mol. The first-order valence-electron chi connectivity index (χ1n) is 6.66. The number of aryl methyl sites for hydroxylation is 1. The highest BCUT2D eigenvalue weighted by atomic mass is 16.3. The number of oxazole rings is 1. The Morgan fingerprint density at radius 3 is 2.90 bits per heavy atom. The number of anilines is 1. The molecule has 4 nitrogen and oxygen atoms in total. The summed E-state index contributed by atoms with van der Waals surface area (Å²) in [6, 6.07) is 13.1. The monoisotopic (exact) mass is 268 g/mol. The van der Waals surface area contributed by atoms with Gasteiger partial charge in [0.1, 0.15) is 11.3 Å². The Hall–Kier alpha value is -2.49. The van der Waals surface area contributed by atoms with E-state index in [1.165, 1.54) is 0 Å². The Labute approximate surface area is 117 Å². The fourth-order valence-electron chi connectivity index (χ4n) is 2.11. The zero-order valence-corrected chi connectivity index (χ0v) is 11.3. The van der Waals surface area contributed by atoms with Crippen LogP contribution < -0.4 is 5.32 Å². The first-order chi connectivity index (χ1) is 9.74. The van der Waals surface area contributed by atoms with Gasteiger partial charge in [-0.2, -0.15) is 0 Å². The van der Waals surface area contributed by atoms with E-state index in [1.54, 1.807) is 12.1 Å². The molecule has 0 saturated carbocycles. The molecule has 20 heavy (non-hydrogen) atoms.